The molecule has 8 nitrogen and oxygen atoms in total. The fourth-order valence-corrected chi connectivity index (χ4v) is 4.98. The summed E-state index contributed by atoms with van der Waals surface area (Å²) in [6, 6.07) is 9.85. The van der Waals surface area contributed by atoms with E-state index in [1.807, 2.05) is 30.0 Å². The Bertz CT molecular complexity index is 984. The number of carbonyl (C=O) groups excluding carboxylic acids is 1. The van der Waals surface area contributed by atoms with E-state index < -0.39 is 11.7 Å². The van der Waals surface area contributed by atoms with E-state index in [-0.39, 0.29) is 36.7 Å². The third-order valence-corrected chi connectivity index (χ3v) is 6.79. The van der Waals surface area contributed by atoms with E-state index in [4.69, 9.17) is 4.74 Å². The van der Waals surface area contributed by atoms with Gasteiger partial charge in [0.05, 0.1) is 18.2 Å². The maximum atomic E-state index is 13.1. The van der Waals surface area contributed by atoms with Crippen LogP contribution in [-0.2, 0) is 17.5 Å². The van der Waals surface area contributed by atoms with Gasteiger partial charge in [0, 0.05) is 64.3 Å². The minimum Gasteiger partial charge on any atom is -0.382 e. The highest BCUT2D eigenvalue weighted by Gasteiger charge is 2.37. The molecule has 2 aliphatic heterocycles. The fraction of sp³-hybridized carbons (Fsp3) is 0.560. The SMILES string of the molecule is COCC1CN(C(=O)NC2CCN(Cc3ccccc3)CC2)CC(C)N1c1ncc(C(F)(F)F)cn1. The summed E-state index contributed by atoms with van der Waals surface area (Å²) in [6.45, 7) is 5.71. The molecule has 0 bridgehead atoms. The number of halogens is 3. The minimum atomic E-state index is -4.50. The van der Waals surface area contributed by atoms with Crippen molar-refractivity contribution in [3.05, 3.63) is 53.9 Å². The molecule has 0 saturated carbocycles. The zero-order valence-corrected chi connectivity index (χ0v) is 20.6. The molecule has 1 aromatic carbocycles. The first kappa shape index (κ1) is 26.2. The number of piperazine rings is 1. The monoisotopic (exact) mass is 506 g/mol. The molecule has 2 atom stereocenters. The Morgan fingerprint density at radius 2 is 1.78 bits per heavy atom. The molecule has 196 valence electrons. The van der Waals surface area contributed by atoms with Crippen LogP contribution in [0.4, 0.5) is 23.9 Å². The van der Waals surface area contributed by atoms with Gasteiger partial charge in [0.15, 0.2) is 0 Å². The number of alkyl halides is 3. The summed E-state index contributed by atoms with van der Waals surface area (Å²) < 4.78 is 44.1. The number of hydrogen-bond acceptors (Lipinski definition) is 6. The van der Waals surface area contributed by atoms with Crippen LogP contribution in [0.5, 0.6) is 0 Å². The van der Waals surface area contributed by atoms with Gasteiger partial charge in [0.25, 0.3) is 0 Å². The standard InChI is InChI=1S/C25H33F3N6O2/c1-18-14-33(16-22(17-36-2)34(18)23-29-12-20(13-30-23)25(26,27)28)24(35)31-21-8-10-32(11-9-21)15-19-6-4-3-5-7-19/h3-7,12-13,18,21-22H,8-11,14-17H2,1-2H3,(H,31,35). The Labute approximate surface area is 209 Å². The molecular weight excluding hydrogens is 473 g/mol. The van der Waals surface area contributed by atoms with Crippen LogP contribution in [0, 0.1) is 0 Å². The van der Waals surface area contributed by atoms with Gasteiger partial charge in [0.1, 0.15) is 0 Å². The minimum absolute atomic E-state index is 0.108. The van der Waals surface area contributed by atoms with Crippen molar-refractivity contribution >= 4 is 12.0 Å². The van der Waals surface area contributed by atoms with Gasteiger partial charge in [-0.25, -0.2) is 14.8 Å². The molecule has 3 heterocycles. The lowest BCUT2D eigenvalue weighted by Gasteiger charge is -2.45. The lowest BCUT2D eigenvalue weighted by molar-refractivity contribution is -0.138. The molecule has 1 N–H and O–H groups in total. The lowest BCUT2D eigenvalue weighted by atomic mass is 10.0. The van der Waals surface area contributed by atoms with Gasteiger partial charge in [-0.2, -0.15) is 13.2 Å². The predicted octanol–water partition coefficient (Wildman–Crippen LogP) is 3.40. The second-order valence-electron chi connectivity index (χ2n) is 9.53. The molecule has 11 heteroatoms. The molecule has 2 unspecified atom stereocenters. The van der Waals surface area contributed by atoms with Crippen LogP contribution in [0.2, 0.25) is 0 Å². The molecule has 2 amide bonds. The summed E-state index contributed by atoms with van der Waals surface area (Å²) in [4.78, 5) is 27.1. The van der Waals surface area contributed by atoms with Crippen molar-refractivity contribution in [3.63, 3.8) is 0 Å². The van der Waals surface area contributed by atoms with Crippen LogP contribution >= 0.6 is 0 Å². The Morgan fingerprint density at radius 3 is 2.39 bits per heavy atom. The van der Waals surface area contributed by atoms with Crippen LogP contribution < -0.4 is 10.2 Å². The second kappa shape index (κ2) is 11.4. The number of nitrogens with one attached hydrogen (secondary N) is 1. The van der Waals surface area contributed by atoms with Crippen LogP contribution in [-0.4, -0.2) is 83.8 Å². The van der Waals surface area contributed by atoms with Crippen LogP contribution in [0.3, 0.4) is 0 Å². The largest absolute Gasteiger partial charge is 0.419 e. The van der Waals surface area contributed by atoms with Crippen molar-refractivity contribution in [1.29, 1.82) is 0 Å². The molecule has 2 saturated heterocycles. The quantitative estimate of drug-likeness (QED) is 0.648. The highest BCUT2D eigenvalue weighted by Crippen LogP contribution is 2.29. The van der Waals surface area contributed by atoms with Crippen molar-refractivity contribution in [2.45, 2.75) is 50.6 Å². The van der Waals surface area contributed by atoms with Gasteiger partial charge in [0.2, 0.25) is 5.95 Å². The fourth-order valence-electron chi connectivity index (χ4n) is 4.98. The first-order valence-electron chi connectivity index (χ1n) is 12.2. The molecule has 2 aromatic rings. The van der Waals surface area contributed by atoms with Crippen LogP contribution in [0.15, 0.2) is 42.7 Å². The first-order chi connectivity index (χ1) is 17.2. The number of urea groups is 1. The molecule has 0 radical (unpaired) electrons. The average molecular weight is 507 g/mol. The summed E-state index contributed by atoms with van der Waals surface area (Å²) in [7, 11) is 1.55. The molecule has 36 heavy (non-hydrogen) atoms. The lowest BCUT2D eigenvalue weighted by Crippen LogP contribution is -2.63. The zero-order valence-electron chi connectivity index (χ0n) is 20.6. The Hall–Kier alpha value is -2.92. The smallest absolute Gasteiger partial charge is 0.382 e. The van der Waals surface area contributed by atoms with E-state index >= 15 is 0 Å². The van der Waals surface area contributed by atoms with Crippen LogP contribution in [0.25, 0.3) is 0 Å². The summed E-state index contributed by atoms with van der Waals surface area (Å²) >= 11 is 0. The van der Waals surface area contributed by atoms with Gasteiger partial charge >= 0.3 is 12.2 Å². The zero-order chi connectivity index (χ0) is 25.7. The summed E-state index contributed by atoms with van der Waals surface area (Å²) in [5.41, 5.74) is 0.392. The Balaban J connectivity index is 1.33. The van der Waals surface area contributed by atoms with Crippen LogP contribution in [0.1, 0.15) is 30.9 Å². The van der Waals surface area contributed by atoms with Gasteiger partial charge in [-0.3, -0.25) is 4.90 Å². The van der Waals surface area contributed by atoms with Crippen molar-refractivity contribution in [2.75, 3.05) is 44.8 Å². The van der Waals surface area contributed by atoms with E-state index in [2.05, 4.69) is 32.3 Å². The number of ether oxygens (including phenoxy) is 1. The highest BCUT2D eigenvalue weighted by molar-refractivity contribution is 5.75. The van der Waals surface area contributed by atoms with Gasteiger partial charge < -0.3 is 19.9 Å². The third kappa shape index (κ3) is 6.44. The van der Waals surface area contributed by atoms with E-state index in [1.54, 1.807) is 12.0 Å². The third-order valence-electron chi connectivity index (χ3n) is 6.79. The van der Waals surface area contributed by atoms with Gasteiger partial charge in [-0.15, -0.1) is 0 Å². The first-order valence-corrected chi connectivity index (χ1v) is 12.2. The van der Waals surface area contributed by atoms with E-state index in [0.717, 1.165) is 44.9 Å². The van der Waals surface area contributed by atoms with E-state index in [0.29, 0.717) is 13.1 Å². The molecule has 1 aromatic heterocycles. The molecule has 0 spiro atoms. The number of aromatic nitrogens is 2. The number of likely N-dealkylation sites (tertiary alicyclic amines) is 1. The van der Waals surface area contributed by atoms with E-state index in [1.165, 1.54) is 5.56 Å². The molecule has 4 rings (SSSR count). The predicted molar refractivity (Wildman–Crippen MR) is 129 cm³/mol. The van der Waals surface area contributed by atoms with Crippen molar-refractivity contribution < 1.29 is 22.7 Å². The number of anilines is 1. The molecule has 2 fully saturated rings. The summed E-state index contributed by atoms with van der Waals surface area (Å²) in [6.07, 6.45) is -1.14. The number of carbonyl (C=O) groups is 1. The highest BCUT2D eigenvalue weighted by atomic mass is 19.4. The summed E-state index contributed by atoms with van der Waals surface area (Å²) in [5.74, 6) is 0.198. The van der Waals surface area contributed by atoms with Crippen molar-refractivity contribution in [2.24, 2.45) is 0 Å². The van der Waals surface area contributed by atoms with Crippen molar-refractivity contribution in [3.8, 4) is 0 Å². The molecule has 0 aliphatic carbocycles. The molecule has 2 aliphatic rings. The maximum Gasteiger partial charge on any atom is 0.419 e. The maximum absolute atomic E-state index is 13.1. The number of rotatable bonds is 6. The normalized spacial score (nSPS) is 22.0. The number of hydrogen-bond donors (Lipinski definition) is 1. The van der Waals surface area contributed by atoms with Crippen molar-refractivity contribution in [1.82, 2.24) is 25.1 Å². The number of nitrogens with zero attached hydrogens (tertiary/aromatic N) is 5. The number of methoxy groups -OCH3 is 1. The average Bonchev–Trinajstić information content (AvgIpc) is 2.85. The molecular formula is C25H33F3N6O2. The van der Waals surface area contributed by atoms with E-state index in [9.17, 15) is 18.0 Å². The Morgan fingerprint density at radius 1 is 1.11 bits per heavy atom. The van der Waals surface area contributed by atoms with Gasteiger partial charge in [-0.05, 0) is 25.3 Å². The Kier molecular flexibility index (Phi) is 8.30. The topological polar surface area (TPSA) is 73.8 Å². The number of piperidine rings is 1. The number of amides is 2. The second-order valence-corrected chi connectivity index (χ2v) is 9.53. The van der Waals surface area contributed by atoms with Gasteiger partial charge in [-0.1, -0.05) is 30.3 Å². The number of benzene rings is 1. The summed E-state index contributed by atoms with van der Waals surface area (Å²) in [5, 5.41) is 3.18.